The number of piperidine rings is 1. The Balaban J connectivity index is 1.66. The molecule has 0 radical (unpaired) electrons. The number of amides is 1. The zero-order valence-corrected chi connectivity index (χ0v) is 16.7. The smallest absolute Gasteiger partial charge is 0.252 e. The second kappa shape index (κ2) is 8.63. The highest BCUT2D eigenvalue weighted by Crippen LogP contribution is 2.25. The summed E-state index contributed by atoms with van der Waals surface area (Å²) < 4.78 is 0. The van der Waals surface area contributed by atoms with Crippen LogP contribution < -0.4 is 10.2 Å². The van der Waals surface area contributed by atoms with Crippen LogP contribution in [0.1, 0.15) is 48.7 Å². The van der Waals surface area contributed by atoms with Crippen LogP contribution in [0.4, 0.5) is 5.69 Å². The van der Waals surface area contributed by atoms with E-state index >= 15 is 0 Å². The van der Waals surface area contributed by atoms with Crippen LogP contribution >= 0.6 is 11.8 Å². The number of carbonyl (C=O) groups excluding carboxylic acids is 1. The van der Waals surface area contributed by atoms with Crippen molar-refractivity contribution < 1.29 is 4.79 Å². The molecule has 1 fully saturated rings. The summed E-state index contributed by atoms with van der Waals surface area (Å²) in [7, 11) is 0. The molecule has 3 nitrogen and oxygen atoms in total. The lowest BCUT2D eigenvalue weighted by Gasteiger charge is -2.33. The molecule has 1 N–H and O–H groups in total. The van der Waals surface area contributed by atoms with Gasteiger partial charge in [0.25, 0.3) is 5.91 Å². The first-order valence-electron chi connectivity index (χ1n) is 9.37. The minimum Gasteiger partial charge on any atom is -0.371 e. The Kier molecular flexibility index (Phi) is 6.25. The van der Waals surface area contributed by atoms with Gasteiger partial charge in [-0.3, -0.25) is 4.79 Å². The fourth-order valence-corrected chi connectivity index (χ4v) is 4.18. The Morgan fingerprint density at radius 3 is 2.62 bits per heavy atom. The highest BCUT2D eigenvalue weighted by Gasteiger charge is 2.18. The van der Waals surface area contributed by atoms with Gasteiger partial charge in [-0.05, 0) is 61.8 Å². The highest BCUT2D eigenvalue weighted by molar-refractivity contribution is 7.98. The lowest BCUT2D eigenvalue weighted by Crippen LogP contribution is -2.34. The third kappa shape index (κ3) is 4.42. The second-order valence-electron chi connectivity index (χ2n) is 7.18. The number of anilines is 1. The van der Waals surface area contributed by atoms with Gasteiger partial charge in [0, 0.05) is 23.7 Å². The molecule has 1 saturated heterocycles. The van der Waals surface area contributed by atoms with E-state index in [1.807, 2.05) is 37.4 Å². The molecule has 2 atom stereocenters. The Morgan fingerprint density at radius 1 is 1.19 bits per heavy atom. The Morgan fingerprint density at radius 2 is 1.92 bits per heavy atom. The van der Waals surface area contributed by atoms with E-state index in [9.17, 15) is 4.79 Å². The van der Waals surface area contributed by atoms with Gasteiger partial charge in [0.05, 0.1) is 11.6 Å². The van der Waals surface area contributed by atoms with Crippen molar-refractivity contribution in [1.29, 1.82) is 0 Å². The zero-order chi connectivity index (χ0) is 18.5. The lowest BCUT2D eigenvalue weighted by molar-refractivity contribution is 0.0937. The van der Waals surface area contributed by atoms with Crippen LogP contribution in [-0.2, 0) is 0 Å². The maximum atomic E-state index is 12.6. The van der Waals surface area contributed by atoms with Gasteiger partial charge in [-0.1, -0.05) is 31.2 Å². The molecule has 2 aromatic carbocycles. The van der Waals surface area contributed by atoms with Gasteiger partial charge >= 0.3 is 0 Å². The van der Waals surface area contributed by atoms with E-state index in [-0.39, 0.29) is 11.9 Å². The zero-order valence-electron chi connectivity index (χ0n) is 15.9. The van der Waals surface area contributed by atoms with Crippen LogP contribution in [-0.4, -0.2) is 25.3 Å². The van der Waals surface area contributed by atoms with Crippen molar-refractivity contribution in [2.75, 3.05) is 24.2 Å². The highest BCUT2D eigenvalue weighted by atomic mass is 32.2. The number of nitrogens with one attached hydrogen (secondary N) is 1. The van der Waals surface area contributed by atoms with Crippen LogP contribution in [0, 0.1) is 5.92 Å². The van der Waals surface area contributed by atoms with Gasteiger partial charge in [-0.15, -0.1) is 11.8 Å². The van der Waals surface area contributed by atoms with E-state index in [0.717, 1.165) is 35.0 Å². The van der Waals surface area contributed by atoms with Crippen molar-refractivity contribution in [3.8, 4) is 0 Å². The standard InChI is InChI=1S/C22H28N2OS/c1-16-7-6-14-24(15-16)19-12-10-18(11-13-19)17(2)23-22(25)20-8-4-5-9-21(20)26-3/h4-5,8-13,16-17H,6-7,14-15H2,1-3H3,(H,23,25)/t16-,17+/m1/s1. The summed E-state index contributed by atoms with van der Waals surface area (Å²) in [6, 6.07) is 16.4. The molecule has 138 valence electrons. The van der Waals surface area contributed by atoms with Gasteiger partial charge in [-0.2, -0.15) is 0 Å². The van der Waals surface area contributed by atoms with Crippen molar-refractivity contribution >= 4 is 23.4 Å². The van der Waals surface area contributed by atoms with Gasteiger partial charge in [0.15, 0.2) is 0 Å². The first kappa shape index (κ1) is 18.8. The summed E-state index contributed by atoms with van der Waals surface area (Å²) in [5.74, 6) is 0.745. The van der Waals surface area contributed by atoms with E-state index in [2.05, 4.69) is 41.4 Å². The number of carbonyl (C=O) groups is 1. The lowest BCUT2D eigenvalue weighted by atomic mass is 9.99. The molecule has 4 heteroatoms. The molecular formula is C22H28N2OS. The second-order valence-corrected chi connectivity index (χ2v) is 8.03. The third-order valence-electron chi connectivity index (χ3n) is 5.11. The normalized spacial score (nSPS) is 18.4. The molecule has 0 unspecified atom stereocenters. The Labute approximate surface area is 161 Å². The molecule has 1 aliphatic heterocycles. The number of hydrogen-bond donors (Lipinski definition) is 1. The minimum absolute atomic E-state index is 0.0172. The molecule has 0 aliphatic carbocycles. The first-order chi connectivity index (χ1) is 12.6. The van der Waals surface area contributed by atoms with Crippen LogP contribution in [0.15, 0.2) is 53.4 Å². The van der Waals surface area contributed by atoms with Crippen molar-refractivity contribution in [3.63, 3.8) is 0 Å². The average molecular weight is 369 g/mol. The Bertz CT molecular complexity index is 744. The summed E-state index contributed by atoms with van der Waals surface area (Å²) in [6.07, 6.45) is 4.59. The van der Waals surface area contributed by atoms with E-state index in [4.69, 9.17) is 0 Å². The van der Waals surface area contributed by atoms with E-state index in [0.29, 0.717) is 0 Å². The summed E-state index contributed by atoms with van der Waals surface area (Å²) in [6.45, 7) is 6.64. The van der Waals surface area contributed by atoms with Crippen LogP contribution in [0.25, 0.3) is 0 Å². The Hall–Kier alpha value is -1.94. The SMILES string of the molecule is CSc1ccccc1C(=O)N[C@@H](C)c1ccc(N2CCC[C@@H](C)C2)cc1. The molecule has 0 spiro atoms. The molecule has 0 aromatic heterocycles. The summed E-state index contributed by atoms with van der Waals surface area (Å²) in [4.78, 5) is 16.1. The summed E-state index contributed by atoms with van der Waals surface area (Å²) in [5.41, 5.74) is 3.16. The third-order valence-corrected chi connectivity index (χ3v) is 5.91. The van der Waals surface area contributed by atoms with Crippen molar-refractivity contribution in [1.82, 2.24) is 5.32 Å². The molecule has 0 bridgehead atoms. The number of nitrogens with zero attached hydrogens (tertiary/aromatic N) is 1. The number of benzene rings is 2. The monoisotopic (exact) mass is 368 g/mol. The van der Waals surface area contributed by atoms with Crippen molar-refractivity contribution in [3.05, 3.63) is 59.7 Å². The first-order valence-corrected chi connectivity index (χ1v) is 10.6. The van der Waals surface area contributed by atoms with Crippen molar-refractivity contribution in [2.24, 2.45) is 5.92 Å². The minimum atomic E-state index is -0.0215. The average Bonchev–Trinajstić information content (AvgIpc) is 2.68. The molecule has 1 heterocycles. The van der Waals surface area contributed by atoms with Gasteiger partial charge in [0.1, 0.15) is 0 Å². The number of thioether (sulfide) groups is 1. The van der Waals surface area contributed by atoms with E-state index in [1.165, 1.54) is 18.5 Å². The maximum Gasteiger partial charge on any atom is 0.252 e. The largest absolute Gasteiger partial charge is 0.371 e. The topological polar surface area (TPSA) is 32.3 Å². The summed E-state index contributed by atoms with van der Waals surface area (Å²) in [5, 5.41) is 3.13. The molecule has 26 heavy (non-hydrogen) atoms. The van der Waals surface area contributed by atoms with E-state index in [1.54, 1.807) is 11.8 Å². The molecule has 1 aliphatic rings. The van der Waals surface area contributed by atoms with Crippen LogP contribution in [0.3, 0.4) is 0 Å². The molecule has 1 amide bonds. The van der Waals surface area contributed by atoms with Crippen LogP contribution in [0.2, 0.25) is 0 Å². The molecular weight excluding hydrogens is 340 g/mol. The van der Waals surface area contributed by atoms with Crippen LogP contribution in [0.5, 0.6) is 0 Å². The summed E-state index contributed by atoms with van der Waals surface area (Å²) >= 11 is 1.60. The predicted octanol–water partition coefficient (Wildman–Crippen LogP) is 5.14. The molecule has 2 aromatic rings. The number of rotatable bonds is 5. The predicted molar refractivity (Wildman–Crippen MR) is 111 cm³/mol. The fraction of sp³-hybridized carbons (Fsp3) is 0.409. The molecule has 3 rings (SSSR count). The van der Waals surface area contributed by atoms with E-state index < -0.39 is 0 Å². The van der Waals surface area contributed by atoms with Gasteiger partial charge in [-0.25, -0.2) is 0 Å². The maximum absolute atomic E-state index is 12.6. The van der Waals surface area contributed by atoms with Gasteiger partial charge in [0.2, 0.25) is 0 Å². The fourth-order valence-electron chi connectivity index (χ4n) is 3.59. The van der Waals surface area contributed by atoms with Crippen molar-refractivity contribution in [2.45, 2.75) is 37.6 Å². The van der Waals surface area contributed by atoms with Gasteiger partial charge < -0.3 is 10.2 Å². The molecule has 0 saturated carbocycles. The number of hydrogen-bond acceptors (Lipinski definition) is 3. The quantitative estimate of drug-likeness (QED) is 0.742.